The third-order valence-electron chi connectivity index (χ3n) is 2.89. The molecule has 5 nitrogen and oxygen atoms in total. The molecule has 1 aliphatic heterocycles. The lowest BCUT2D eigenvalue weighted by molar-refractivity contribution is -0.305. The summed E-state index contributed by atoms with van der Waals surface area (Å²) >= 11 is 6.09. The second kappa shape index (κ2) is 6.89. The molecule has 0 radical (unpaired) electrons. The van der Waals surface area contributed by atoms with E-state index in [1.807, 2.05) is 0 Å². The zero-order chi connectivity index (χ0) is 16.3. The summed E-state index contributed by atoms with van der Waals surface area (Å²) in [5, 5.41) is 10.5. The Kier molecular flexibility index (Phi) is 5.15. The molecule has 22 heavy (non-hydrogen) atoms. The Morgan fingerprint density at radius 3 is 2.86 bits per heavy atom. The zero-order valence-electron chi connectivity index (χ0n) is 11.5. The Hall–Kier alpha value is -1.93. The maximum absolute atomic E-state index is 13.6. The van der Waals surface area contributed by atoms with Gasteiger partial charge in [-0.05, 0) is 23.8 Å². The molecule has 0 saturated carbocycles. The van der Waals surface area contributed by atoms with Crippen molar-refractivity contribution < 1.29 is 23.8 Å². The van der Waals surface area contributed by atoms with Gasteiger partial charge in [0.1, 0.15) is 4.32 Å². The average molecular weight is 340 g/mol. The van der Waals surface area contributed by atoms with Gasteiger partial charge in [0.25, 0.3) is 5.91 Å². The summed E-state index contributed by atoms with van der Waals surface area (Å²) in [5.41, 5.74) is 0.485. The van der Waals surface area contributed by atoms with Gasteiger partial charge >= 0.3 is 0 Å². The molecule has 0 unspecified atom stereocenters. The van der Waals surface area contributed by atoms with Gasteiger partial charge in [-0.2, -0.15) is 0 Å². The largest absolute Gasteiger partial charge is 0.550 e. The molecule has 0 aromatic heterocycles. The second-order valence-corrected chi connectivity index (χ2v) is 6.03. The number of nitrogens with zero attached hydrogens (tertiary/aromatic N) is 1. The summed E-state index contributed by atoms with van der Waals surface area (Å²) in [7, 11) is 1.36. The van der Waals surface area contributed by atoms with Gasteiger partial charge < -0.3 is 14.6 Å². The molecular formula is C14H11FNO4S2-. The van der Waals surface area contributed by atoms with Crippen molar-refractivity contribution in [2.45, 2.75) is 6.42 Å². The summed E-state index contributed by atoms with van der Waals surface area (Å²) in [5.74, 6) is -2.08. The summed E-state index contributed by atoms with van der Waals surface area (Å²) in [4.78, 5) is 24.1. The van der Waals surface area contributed by atoms with Crippen LogP contribution in [0.1, 0.15) is 12.0 Å². The Morgan fingerprint density at radius 2 is 2.27 bits per heavy atom. The maximum atomic E-state index is 13.6. The molecule has 8 heteroatoms. The Morgan fingerprint density at radius 1 is 1.55 bits per heavy atom. The fraction of sp³-hybridized carbons (Fsp3) is 0.214. The van der Waals surface area contributed by atoms with E-state index < -0.39 is 17.7 Å². The lowest BCUT2D eigenvalue weighted by atomic mass is 10.2. The predicted molar refractivity (Wildman–Crippen MR) is 82.5 cm³/mol. The number of carbonyl (C=O) groups excluding carboxylic acids is 2. The number of thiocarbonyl (C=S) groups is 1. The first-order valence-corrected chi connectivity index (χ1v) is 7.43. The fourth-order valence-corrected chi connectivity index (χ4v) is 3.13. The van der Waals surface area contributed by atoms with Crippen molar-refractivity contribution >= 4 is 46.3 Å². The van der Waals surface area contributed by atoms with Crippen LogP contribution >= 0.6 is 24.0 Å². The van der Waals surface area contributed by atoms with Crippen molar-refractivity contribution in [3.05, 3.63) is 34.5 Å². The monoisotopic (exact) mass is 340 g/mol. The number of carboxylic acid groups (broad SMARTS) is 1. The van der Waals surface area contributed by atoms with E-state index in [9.17, 15) is 19.1 Å². The number of rotatable bonds is 5. The van der Waals surface area contributed by atoms with Gasteiger partial charge in [-0.1, -0.05) is 30.0 Å². The van der Waals surface area contributed by atoms with Crippen LogP contribution in [0.5, 0.6) is 5.75 Å². The van der Waals surface area contributed by atoms with E-state index >= 15 is 0 Å². The number of hydrogen-bond donors (Lipinski definition) is 0. The molecule has 0 atom stereocenters. The van der Waals surface area contributed by atoms with E-state index in [2.05, 4.69) is 0 Å². The minimum Gasteiger partial charge on any atom is -0.550 e. The van der Waals surface area contributed by atoms with Gasteiger partial charge in [0.05, 0.1) is 12.0 Å². The minimum atomic E-state index is -1.25. The van der Waals surface area contributed by atoms with E-state index in [1.54, 1.807) is 6.07 Å². The van der Waals surface area contributed by atoms with E-state index in [4.69, 9.17) is 17.0 Å². The quantitative estimate of drug-likeness (QED) is 0.592. The first kappa shape index (κ1) is 16.4. The molecule has 1 saturated heterocycles. The Balaban J connectivity index is 2.19. The molecule has 2 rings (SSSR count). The number of carboxylic acids is 1. The van der Waals surface area contributed by atoms with E-state index in [0.29, 0.717) is 10.5 Å². The first-order valence-electron chi connectivity index (χ1n) is 6.21. The number of hydrogen-bond acceptors (Lipinski definition) is 6. The van der Waals surface area contributed by atoms with Crippen molar-refractivity contribution in [1.29, 1.82) is 0 Å². The van der Waals surface area contributed by atoms with Gasteiger partial charge in [-0.25, -0.2) is 4.39 Å². The molecule has 1 aliphatic rings. The number of halogens is 1. The maximum Gasteiger partial charge on any atom is 0.266 e. The first-order chi connectivity index (χ1) is 10.4. The van der Waals surface area contributed by atoms with Crippen molar-refractivity contribution in [1.82, 2.24) is 4.90 Å². The van der Waals surface area contributed by atoms with Crippen molar-refractivity contribution in [3.63, 3.8) is 0 Å². The van der Waals surface area contributed by atoms with E-state index in [-0.39, 0.29) is 23.0 Å². The lowest BCUT2D eigenvalue weighted by Crippen LogP contribution is -2.33. The third kappa shape index (κ3) is 3.63. The van der Waals surface area contributed by atoms with Gasteiger partial charge in [-0.15, -0.1) is 0 Å². The molecule has 1 amide bonds. The highest BCUT2D eigenvalue weighted by Crippen LogP contribution is 2.33. The number of benzene rings is 1. The van der Waals surface area contributed by atoms with Crippen LogP contribution in [0.25, 0.3) is 6.08 Å². The summed E-state index contributed by atoms with van der Waals surface area (Å²) < 4.78 is 18.7. The second-order valence-electron chi connectivity index (χ2n) is 4.35. The number of carbonyl (C=O) groups is 2. The molecular weight excluding hydrogens is 329 g/mol. The lowest BCUT2D eigenvalue weighted by Gasteiger charge is -2.14. The molecule has 0 N–H and O–H groups in total. The molecule has 1 fully saturated rings. The number of methoxy groups -OCH3 is 1. The highest BCUT2D eigenvalue weighted by Gasteiger charge is 2.31. The van der Waals surface area contributed by atoms with Gasteiger partial charge in [0, 0.05) is 18.9 Å². The standard InChI is InChI=1S/C14H12FNO4S2/c1-20-10-3-2-8(6-9(10)15)7-11-13(19)16(14(21)22-11)5-4-12(17)18/h2-3,6-7H,4-5H2,1H3,(H,17,18)/p-1/b11-7-. The zero-order valence-corrected chi connectivity index (χ0v) is 13.1. The fourth-order valence-electron chi connectivity index (χ4n) is 1.82. The van der Waals surface area contributed by atoms with E-state index in [1.165, 1.54) is 30.2 Å². The Bertz CT molecular complexity index is 675. The highest BCUT2D eigenvalue weighted by molar-refractivity contribution is 8.26. The molecule has 1 aromatic rings. The summed E-state index contributed by atoms with van der Waals surface area (Å²) in [6.45, 7) is -0.0404. The minimum absolute atomic E-state index is 0.0404. The van der Waals surface area contributed by atoms with Crippen LogP contribution in [0, 0.1) is 5.82 Å². The summed E-state index contributed by atoms with van der Waals surface area (Å²) in [6.07, 6.45) is 1.21. The molecule has 0 spiro atoms. The highest BCUT2D eigenvalue weighted by atomic mass is 32.2. The number of ether oxygens (including phenoxy) is 1. The van der Waals surface area contributed by atoms with Gasteiger partial charge in [-0.3, -0.25) is 9.69 Å². The molecule has 116 valence electrons. The Labute approximate surface area is 135 Å². The van der Waals surface area contributed by atoms with Crippen molar-refractivity contribution in [3.8, 4) is 5.75 Å². The predicted octanol–water partition coefficient (Wildman–Crippen LogP) is 1.18. The van der Waals surface area contributed by atoms with Crippen molar-refractivity contribution in [2.75, 3.05) is 13.7 Å². The SMILES string of the molecule is COc1ccc(/C=C2\SC(=S)N(CCC(=O)[O-])C2=O)cc1F. The third-order valence-corrected chi connectivity index (χ3v) is 4.26. The number of thioether (sulfide) groups is 1. The normalized spacial score (nSPS) is 16.5. The average Bonchev–Trinajstić information content (AvgIpc) is 2.71. The van der Waals surface area contributed by atoms with E-state index in [0.717, 1.165) is 11.8 Å². The van der Waals surface area contributed by atoms with Crippen molar-refractivity contribution in [2.24, 2.45) is 0 Å². The van der Waals surface area contributed by atoms with Crippen LogP contribution in [-0.4, -0.2) is 34.8 Å². The van der Waals surface area contributed by atoms with Crippen LogP contribution in [0.3, 0.4) is 0 Å². The summed E-state index contributed by atoms with van der Waals surface area (Å²) in [6, 6.07) is 4.31. The van der Waals surface area contributed by atoms with Gasteiger partial charge in [0.15, 0.2) is 11.6 Å². The molecule has 0 bridgehead atoms. The molecule has 1 aromatic carbocycles. The molecule has 1 heterocycles. The van der Waals surface area contributed by atoms with Crippen LogP contribution in [0.15, 0.2) is 23.1 Å². The van der Waals surface area contributed by atoms with Gasteiger partial charge in [0.2, 0.25) is 0 Å². The number of aliphatic carboxylic acids is 1. The van der Waals surface area contributed by atoms with Crippen LogP contribution in [-0.2, 0) is 9.59 Å². The molecule has 0 aliphatic carbocycles. The van der Waals surface area contributed by atoms with Crippen LogP contribution < -0.4 is 9.84 Å². The number of amides is 1. The smallest absolute Gasteiger partial charge is 0.266 e. The topological polar surface area (TPSA) is 69.7 Å². The van der Waals surface area contributed by atoms with Crippen LogP contribution in [0.4, 0.5) is 4.39 Å². The van der Waals surface area contributed by atoms with Crippen LogP contribution in [0.2, 0.25) is 0 Å².